The summed E-state index contributed by atoms with van der Waals surface area (Å²) in [6.07, 6.45) is 1.82. The Bertz CT molecular complexity index is 790. The normalized spacial score (nSPS) is 14.5. The molecule has 0 radical (unpaired) electrons. The molecule has 1 N–H and O–H groups in total. The zero-order chi connectivity index (χ0) is 19.2. The number of piperazine rings is 1. The summed E-state index contributed by atoms with van der Waals surface area (Å²) in [5, 5.41) is 3.42. The standard InChI is InChI=1S/C20H27FN6.HI/c1-22-20(24-15-16-8-9-23-19(14-16)25(2)3)27-12-10-26(11-13-27)18-7-5-4-6-17(18)21;/h4-9,14H,10-13,15H2,1-3H3,(H,22,24);1H. The van der Waals surface area contributed by atoms with Crippen LogP contribution in [0.3, 0.4) is 0 Å². The van der Waals surface area contributed by atoms with Crippen LogP contribution in [0.1, 0.15) is 5.56 Å². The molecule has 1 aromatic heterocycles. The summed E-state index contributed by atoms with van der Waals surface area (Å²) < 4.78 is 14.0. The molecule has 1 saturated heterocycles. The molecule has 28 heavy (non-hydrogen) atoms. The molecule has 8 heteroatoms. The molecule has 0 atom stereocenters. The van der Waals surface area contributed by atoms with Crippen LogP contribution in [-0.2, 0) is 6.54 Å². The van der Waals surface area contributed by atoms with E-state index in [2.05, 4.69) is 31.2 Å². The molecule has 0 aliphatic carbocycles. The second kappa shape index (κ2) is 10.4. The van der Waals surface area contributed by atoms with Gasteiger partial charge < -0.3 is 20.0 Å². The number of aliphatic imine (C=N–C) groups is 1. The first-order valence-electron chi connectivity index (χ1n) is 9.16. The number of anilines is 2. The molecule has 2 heterocycles. The van der Waals surface area contributed by atoms with Crippen LogP contribution in [0.2, 0.25) is 0 Å². The number of hydrogen-bond donors (Lipinski definition) is 1. The summed E-state index contributed by atoms with van der Waals surface area (Å²) >= 11 is 0. The molecule has 0 spiro atoms. The summed E-state index contributed by atoms with van der Waals surface area (Å²) in [5.41, 5.74) is 1.83. The van der Waals surface area contributed by atoms with Crippen molar-refractivity contribution in [3.8, 4) is 0 Å². The molecule has 2 aromatic rings. The van der Waals surface area contributed by atoms with Crippen molar-refractivity contribution < 1.29 is 4.39 Å². The lowest BCUT2D eigenvalue weighted by atomic mass is 10.2. The van der Waals surface area contributed by atoms with Crippen LogP contribution in [0.4, 0.5) is 15.9 Å². The summed E-state index contributed by atoms with van der Waals surface area (Å²) in [4.78, 5) is 15.0. The fraction of sp³-hybridized carbons (Fsp3) is 0.400. The van der Waals surface area contributed by atoms with Crippen molar-refractivity contribution in [1.82, 2.24) is 15.2 Å². The van der Waals surface area contributed by atoms with Crippen molar-refractivity contribution in [1.29, 1.82) is 0 Å². The Morgan fingerprint density at radius 3 is 2.54 bits per heavy atom. The van der Waals surface area contributed by atoms with Crippen LogP contribution in [0.5, 0.6) is 0 Å². The lowest BCUT2D eigenvalue weighted by Crippen LogP contribution is -2.52. The smallest absolute Gasteiger partial charge is 0.194 e. The van der Waals surface area contributed by atoms with Gasteiger partial charge in [-0.3, -0.25) is 4.99 Å². The van der Waals surface area contributed by atoms with Gasteiger partial charge in [0.25, 0.3) is 0 Å². The Hall–Kier alpha value is -2.10. The van der Waals surface area contributed by atoms with Gasteiger partial charge in [0.15, 0.2) is 5.96 Å². The third-order valence-electron chi connectivity index (χ3n) is 4.70. The van der Waals surface area contributed by atoms with E-state index < -0.39 is 0 Å². The Labute approximate surface area is 183 Å². The summed E-state index contributed by atoms with van der Waals surface area (Å²) in [7, 11) is 5.75. The highest BCUT2D eigenvalue weighted by Gasteiger charge is 2.21. The van der Waals surface area contributed by atoms with E-state index in [1.165, 1.54) is 6.07 Å². The third-order valence-corrected chi connectivity index (χ3v) is 4.70. The minimum Gasteiger partial charge on any atom is -0.366 e. The molecule has 0 saturated carbocycles. The number of rotatable bonds is 4. The molecule has 1 fully saturated rings. The molecule has 1 aromatic carbocycles. The number of nitrogens with one attached hydrogen (secondary N) is 1. The van der Waals surface area contributed by atoms with Gasteiger partial charge in [-0.15, -0.1) is 24.0 Å². The first-order valence-corrected chi connectivity index (χ1v) is 9.16. The van der Waals surface area contributed by atoms with E-state index in [1.807, 2.05) is 43.4 Å². The number of nitrogens with zero attached hydrogens (tertiary/aromatic N) is 5. The topological polar surface area (TPSA) is 47.0 Å². The molecule has 1 aliphatic heterocycles. The predicted molar refractivity (Wildman–Crippen MR) is 124 cm³/mol. The van der Waals surface area contributed by atoms with Gasteiger partial charge in [-0.25, -0.2) is 9.37 Å². The molecule has 0 amide bonds. The van der Waals surface area contributed by atoms with Crippen molar-refractivity contribution in [3.63, 3.8) is 0 Å². The van der Waals surface area contributed by atoms with E-state index in [9.17, 15) is 4.39 Å². The highest BCUT2D eigenvalue weighted by atomic mass is 127. The Morgan fingerprint density at radius 1 is 1.18 bits per heavy atom. The number of halogens is 2. The second-order valence-corrected chi connectivity index (χ2v) is 6.74. The summed E-state index contributed by atoms with van der Waals surface area (Å²) in [5.74, 6) is 1.64. The molecular weight excluding hydrogens is 470 g/mol. The van der Waals surface area contributed by atoms with Gasteiger partial charge in [-0.1, -0.05) is 12.1 Å². The highest BCUT2D eigenvalue weighted by Crippen LogP contribution is 2.20. The summed E-state index contributed by atoms with van der Waals surface area (Å²) in [6, 6.07) is 11.0. The molecule has 0 unspecified atom stereocenters. The molecule has 152 valence electrons. The van der Waals surface area contributed by atoms with Crippen molar-refractivity contribution in [2.45, 2.75) is 6.54 Å². The van der Waals surface area contributed by atoms with E-state index in [1.54, 1.807) is 13.1 Å². The molecule has 6 nitrogen and oxygen atoms in total. The van der Waals surface area contributed by atoms with Gasteiger partial charge >= 0.3 is 0 Å². The van der Waals surface area contributed by atoms with E-state index in [0.29, 0.717) is 12.2 Å². The van der Waals surface area contributed by atoms with Crippen LogP contribution in [0, 0.1) is 5.82 Å². The van der Waals surface area contributed by atoms with Gasteiger partial charge in [-0.2, -0.15) is 0 Å². The largest absolute Gasteiger partial charge is 0.366 e. The third kappa shape index (κ3) is 5.46. The lowest BCUT2D eigenvalue weighted by molar-refractivity contribution is 0.370. The van der Waals surface area contributed by atoms with Crippen LogP contribution >= 0.6 is 24.0 Å². The van der Waals surface area contributed by atoms with Crippen LogP contribution in [-0.4, -0.2) is 63.2 Å². The average molecular weight is 498 g/mol. The minimum atomic E-state index is -0.164. The fourth-order valence-electron chi connectivity index (χ4n) is 3.20. The minimum absolute atomic E-state index is 0. The van der Waals surface area contributed by atoms with Gasteiger partial charge in [0.1, 0.15) is 11.6 Å². The summed E-state index contributed by atoms with van der Waals surface area (Å²) in [6.45, 7) is 3.81. The maximum atomic E-state index is 14.0. The molecule has 3 rings (SSSR count). The average Bonchev–Trinajstić information content (AvgIpc) is 2.69. The number of guanidine groups is 1. The zero-order valence-electron chi connectivity index (χ0n) is 16.6. The van der Waals surface area contributed by atoms with Crippen LogP contribution in [0.25, 0.3) is 0 Å². The van der Waals surface area contributed by atoms with Crippen molar-refractivity contribution in [2.24, 2.45) is 4.99 Å². The van der Waals surface area contributed by atoms with Gasteiger partial charge in [-0.05, 0) is 29.8 Å². The maximum Gasteiger partial charge on any atom is 0.194 e. The van der Waals surface area contributed by atoms with Crippen molar-refractivity contribution in [3.05, 3.63) is 54.0 Å². The first-order chi connectivity index (χ1) is 13.1. The lowest BCUT2D eigenvalue weighted by Gasteiger charge is -2.37. The van der Waals surface area contributed by atoms with Gasteiger partial charge in [0.05, 0.1) is 5.69 Å². The van der Waals surface area contributed by atoms with E-state index >= 15 is 0 Å². The fourth-order valence-corrected chi connectivity index (χ4v) is 3.20. The van der Waals surface area contributed by atoms with Crippen molar-refractivity contribution >= 4 is 41.4 Å². The SMILES string of the molecule is CN=C(NCc1ccnc(N(C)C)c1)N1CCN(c2ccccc2F)CC1.I. The van der Waals surface area contributed by atoms with E-state index in [0.717, 1.165) is 43.5 Å². The number of hydrogen-bond acceptors (Lipinski definition) is 4. The quantitative estimate of drug-likeness (QED) is 0.399. The highest BCUT2D eigenvalue weighted by molar-refractivity contribution is 14.0. The Kier molecular flexibility index (Phi) is 8.28. The first kappa shape index (κ1) is 22.2. The Morgan fingerprint density at radius 2 is 1.89 bits per heavy atom. The number of pyridine rings is 1. The maximum absolute atomic E-state index is 14.0. The number of aromatic nitrogens is 1. The molecule has 1 aliphatic rings. The molecular formula is C20H28FIN6. The molecule has 0 bridgehead atoms. The monoisotopic (exact) mass is 498 g/mol. The van der Waals surface area contributed by atoms with Crippen molar-refractivity contribution in [2.75, 3.05) is 57.1 Å². The van der Waals surface area contributed by atoms with E-state index in [4.69, 9.17) is 0 Å². The predicted octanol–water partition coefficient (Wildman–Crippen LogP) is 2.80. The van der Waals surface area contributed by atoms with E-state index in [-0.39, 0.29) is 29.8 Å². The number of para-hydroxylation sites is 1. The van der Waals surface area contributed by atoms with Crippen LogP contribution < -0.4 is 15.1 Å². The Balaban J connectivity index is 0.00000280. The van der Waals surface area contributed by atoms with Crippen LogP contribution in [0.15, 0.2) is 47.6 Å². The van der Waals surface area contributed by atoms with Gasteiger partial charge in [0, 0.05) is 60.1 Å². The second-order valence-electron chi connectivity index (χ2n) is 6.74. The number of benzene rings is 1. The van der Waals surface area contributed by atoms with Gasteiger partial charge in [0.2, 0.25) is 0 Å². The zero-order valence-corrected chi connectivity index (χ0v) is 18.9.